The van der Waals surface area contributed by atoms with Crippen LogP contribution in [0.1, 0.15) is 30.5 Å². The fourth-order valence-corrected chi connectivity index (χ4v) is 2.34. The number of carbonyl (C=O) groups is 1. The molecule has 0 unspecified atom stereocenters. The van der Waals surface area contributed by atoms with Gasteiger partial charge in [-0.05, 0) is 62.6 Å². The van der Waals surface area contributed by atoms with Crippen LogP contribution < -0.4 is 14.8 Å². The maximum absolute atomic E-state index is 12.3. The zero-order valence-electron chi connectivity index (χ0n) is 14.8. The van der Waals surface area contributed by atoms with Crippen molar-refractivity contribution in [1.29, 1.82) is 0 Å². The van der Waals surface area contributed by atoms with Crippen molar-refractivity contribution in [1.82, 2.24) is 5.32 Å². The minimum Gasteiger partial charge on any atom is -0.494 e. The third-order valence-electron chi connectivity index (χ3n) is 3.90. The fraction of sp³-hybridized carbons (Fsp3) is 0.350. The molecule has 0 heterocycles. The molecule has 1 N–H and O–H groups in total. The molecule has 4 heteroatoms. The van der Waals surface area contributed by atoms with E-state index in [2.05, 4.69) is 5.32 Å². The predicted molar refractivity (Wildman–Crippen MR) is 95.5 cm³/mol. The third-order valence-corrected chi connectivity index (χ3v) is 3.90. The molecule has 4 nitrogen and oxygen atoms in total. The molecule has 2 aromatic rings. The average molecular weight is 327 g/mol. The smallest absolute Gasteiger partial charge is 0.261 e. The Morgan fingerprint density at radius 3 is 2.67 bits per heavy atom. The van der Waals surface area contributed by atoms with Crippen LogP contribution in [-0.4, -0.2) is 18.6 Å². The van der Waals surface area contributed by atoms with E-state index in [0.717, 1.165) is 28.2 Å². The van der Waals surface area contributed by atoms with Crippen LogP contribution in [0, 0.1) is 13.8 Å². The Hall–Kier alpha value is -2.49. The molecule has 1 amide bonds. The summed E-state index contributed by atoms with van der Waals surface area (Å²) < 4.78 is 11.3. The van der Waals surface area contributed by atoms with Gasteiger partial charge in [0.1, 0.15) is 11.5 Å². The van der Waals surface area contributed by atoms with Crippen molar-refractivity contribution in [3.63, 3.8) is 0 Å². The number of ether oxygens (including phenoxy) is 2. The van der Waals surface area contributed by atoms with Gasteiger partial charge < -0.3 is 14.8 Å². The minimum absolute atomic E-state index is 0.141. The summed E-state index contributed by atoms with van der Waals surface area (Å²) in [5, 5.41) is 2.90. The van der Waals surface area contributed by atoms with Gasteiger partial charge in [0.05, 0.1) is 6.61 Å². The highest BCUT2D eigenvalue weighted by Gasteiger charge is 2.15. The number of rotatable bonds is 7. The quantitative estimate of drug-likeness (QED) is 0.842. The number of hydrogen-bond donors (Lipinski definition) is 1. The Morgan fingerprint density at radius 2 is 1.92 bits per heavy atom. The van der Waals surface area contributed by atoms with E-state index < -0.39 is 6.10 Å². The highest BCUT2D eigenvalue weighted by Crippen LogP contribution is 2.21. The second-order valence-corrected chi connectivity index (χ2v) is 5.76. The van der Waals surface area contributed by atoms with Crippen molar-refractivity contribution >= 4 is 5.91 Å². The van der Waals surface area contributed by atoms with E-state index in [4.69, 9.17) is 9.47 Å². The molecule has 24 heavy (non-hydrogen) atoms. The zero-order chi connectivity index (χ0) is 17.5. The lowest BCUT2D eigenvalue weighted by Crippen LogP contribution is -2.36. The molecule has 0 saturated heterocycles. The van der Waals surface area contributed by atoms with E-state index in [0.29, 0.717) is 13.2 Å². The lowest BCUT2D eigenvalue weighted by Gasteiger charge is -2.17. The van der Waals surface area contributed by atoms with Crippen LogP contribution in [0.15, 0.2) is 42.5 Å². The van der Waals surface area contributed by atoms with Gasteiger partial charge in [-0.3, -0.25) is 4.79 Å². The number of hydrogen-bond acceptors (Lipinski definition) is 3. The van der Waals surface area contributed by atoms with E-state index in [1.54, 1.807) is 6.92 Å². The van der Waals surface area contributed by atoms with E-state index in [1.807, 2.05) is 63.2 Å². The third kappa shape index (κ3) is 4.75. The molecule has 0 fully saturated rings. The van der Waals surface area contributed by atoms with Gasteiger partial charge in [-0.15, -0.1) is 0 Å². The van der Waals surface area contributed by atoms with Gasteiger partial charge in [0.2, 0.25) is 0 Å². The van der Waals surface area contributed by atoms with E-state index in [1.165, 1.54) is 0 Å². The lowest BCUT2D eigenvalue weighted by atomic mass is 10.1. The fourth-order valence-electron chi connectivity index (χ4n) is 2.34. The number of aryl methyl sites for hydroxylation is 1. The van der Waals surface area contributed by atoms with Crippen molar-refractivity contribution in [3.8, 4) is 11.5 Å². The monoisotopic (exact) mass is 327 g/mol. The summed E-state index contributed by atoms with van der Waals surface area (Å²) >= 11 is 0. The highest BCUT2D eigenvalue weighted by molar-refractivity contribution is 5.80. The van der Waals surface area contributed by atoms with Gasteiger partial charge in [0.25, 0.3) is 5.91 Å². The molecule has 1 atom stereocenters. The Morgan fingerprint density at radius 1 is 1.17 bits per heavy atom. The van der Waals surface area contributed by atoms with Gasteiger partial charge in [-0.2, -0.15) is 0 Å². The van der Waals surface area contributed by atoms with Crippen LogP contribution in [-0.2, 0) is 11.3 Å². The summed E-state index contributed by atoms with van der Waals surface area (Å²) in [7, 11) is 0. The first-order chi connectivity index (χ1) is 11.5. The van der Waals surface area contributed by atoms with Gasteiger partial charge in [0.15, 0.2) is 6.10 Å². The molecule has 128 valence electrons. The summed E-state index contributed by atoms with van der Waals surface area (Å²) in [6.07, 6.45) is -0.555. The second kappa shape index (κ2) is 8.39. The molecular formula is C20H25NO3. The summed E-state index contributed by atoms with van der Waals surface area (Å²) in [5.41, 5.74) is 3.20. The molecule has 0 aliphatic rings. The van der Waals surface area contributed by atoms with Crippen LogP contribution in [0.2, 0.25) is 0 Å². The second-order valence-electron chi connectivity index (χ2n) is 5.76. The number of benzene rings is 2. The molecule has 0 spiro atoms. The first-order valence-corrected chi connectivity index (χ1v) is 8.23. The highest BCUT2D eigenvalue weighted by atomic mass is 16.5. The maximum atomic E-state index is 12.3. The molecule has 0 radical (unpaired) electrons. The molecule has 0 aliphatic carbocycles. The van der Waals surface area contributed by atoms with Crippen LogP contribution in [0.3, 0.4) is 0 Å². The first kappa shape index (κ1) is 17.9. The van der Waals surface area contributed by atoms with E-state index in [-0.39, 0.29) is 5.91 Å². The summed E-state index contributed by atoms with van der Waals surface area (Å²) in [6, 6.07) is 13.6. The molecule has 0 aliphatic heterocycles. The minimum atomic E-state index is -0.555. The first-order valence-electron chi connectivity index (χ1n) is 8.23. The summed E-state index contributed by atoms with van der Waals surface area (Å²) in [4.78, 5) is 12.3. The number of carbonyl (C=O) groups excluding carboxylic acids is 1. The standard InChI is InChI=1S/C20H25NO3/c1-5-23-18-10-7-9-17(12-18)13-21-20(22)16(4)24-19-11-6-8-14(2)15(19)3/h6-12,16H,5,13H2,1-4H3,(H,21,22)/t16-/m1/s1. The largest absolute Gasteiger partial charge is 0.494 e. The lowest BCUT2D eigenvalue weighted by molar-refractivity contribution is -0.127. The Labute approximate surface area is 143 Å². The maximum Gasteiger partial charge on any atom is 0.261 e. The number of nitrogens with one attached hydrogen (secondary N) is 1. The van der Waals surface area contributed by atoms with E-state index >= 15 is 0 Å². The van der Waals surface area contributed by atoms with Gasteiger partial charge in [-0.1, -0.05) is 24.3 Å². The van der Waals surface area contributed by atoms with Crippen LogP contribution in [0.5, 0.6) is 11.5 Å². The molecular weight excluding hydrogens is 302 g/mol. The SMILES string of the molecule is CCOc1cccc(CNC(=O)[C@@H](C)Oc2cccc(C)c2C)c1. The zero-order valence-corrected chi connectivity index (χ0v) is 14.8. The Bertz CT molecular complexity index is 697. The summed E-state index contributed by atoms with van der Waals surface area (Å²) in [5.74, 6) is 1.41. The normalized spacial score (nSPS) is 11.7. The van der Waals surface area contributed by atoms with Gasteiger partial charge >= 0.3 is 0 Å². The van der Waals surface area contributed by atoms with Crippen LogP contribution in [0.4, 0.5) is 0 Å². The topological polar surface area (TPSA) is 47.6 Å². The van der Waals surface area contributed by atoms with Crippen molar-refractivity contribution in [2.45, 2.75) is 40.3 Å². The van der Waals surface area contributed by atoms with Crippen molar-refractivity contribution < 1.29 is 14.3 Å². The van der Waals surface area contributed by atoms with E-state index in [9.17, 15) is 4.79 Å². The molecule has 0 saturated carbocycles. The number of amides is 1. The van der Waals surface area contributed by atoms with Gasteiger partial charge in [0, 0.05) is 6.54 Å². The van der Waals surface area contributed by atoms with Crippen LogP contribution >= 0.6 is 0 Å². The van der Waals surface area contributed by atoms with Gasteiger partial charge in [-0.25, -0.2) is 0 Å². The summed E-state index contributed by atoms with van der Waals surface area (Å²) in [6.45, 7) is 8.79. The van der Waals surface area contributed by atoms with Crippen molar-refractivity contribution in [3.05, 3.63) is 59.2 Å². The average Bonchev–Trinajstić information content (AvgIpc) is 2.57. The molecule has 2 aromatic carbocycles. The Balaban J connectivity index is 1.92. The predicted octanol–water partition coefficient (Wildman–Crippen LogP) is 3.79. The van der Waals surface area contributed by atoms with Crippen molar-refractivity contribution in [2.75, 3.05) is 6.61 Å². The van der Waals surface area contributed by atoms with Crippen LogP contribution in [0.25, 0.3) is 0 Å². The molecule has 2 rings (SSSR count). The Kier molecular flexibility index (Phi) is 6.24. The molecule has 0 aromatic heterocycles. The van der Waals surface area contributed by atoms with Crippen molar-refractivity contribution in [2.24, 2.45) is 0 Å². The molecule has 0 bridgehead atoms.